The maximum Gasteiger partial charge on any atom is 0.0868 e. The lowest BCUT2D eigenvalue weighted by molar-refractivity contribution is 0.139. The molecule has 0 aliphatic heterocycles. The van der Waals surface area contributed by atoms with Gasteiger partial charge in [0, 0.05) is 19.7 Å². The molecule has 11 heavy (non-hydrogen) atoms. The van der Waals surface area contributed by atoms with Crippen molar-refractivity contribution in [3.63, 3.8) is 0 Å². The van der Waals surface area contributed by atoms with E-state index in [-0.39, 0.29) is 0 Å². The monoisotopic (exact) mass is 156 g/mol. The SMILES string of the molecule is COCCN(CC#N)C(C)C. The van der Waals surface area contributed by atoms with Gasteiger partial charge in [-0.3, -0.25) is 4.90 Å². The Kier molecular flexibility index (Phi) is 5.81. The van der Waals surface area contributed by atoms with E-state index in [4.69, 9.17) is 10.00 Å². The minimum atomic E-state index is 0.421. The van der Waals surface area contributed by atoms with Crippen molar-refractivity contribution in [2.45, 2.75) is 19.9 Å². The first kappa shape index (κ1) is 10.4. The largest absolute Gasteiger partial charge is 0.383 e. The summed E-state index contributed by atoms with van der Waals surface area (Å²) < 4.78 is 4.92. The van der Waals surface area contributed by atoms with E-state index in [0.717, 1.165) is 6.54 Å². The highest BCUT2D eigenvalue weighted by Crippen LogP contribution is 1.95. The standard InChI is InChI=1S/C8H16N2O/c1-8(2)10(5-4-9)6-7-11-3/h8H,5-7H2,1-3H3. The van der Waals surface area contributed by atoms with Crippen LogP contribution in [0.1, 0.15) is 13.8 Å². The van der Waals surface area contributed by atoms with Crippen molar-refractivity contribution in [1.82, 2.24) is 4.90 Å². The molecule has 0 rings (SSSR count). The normalized spacial score (nSPS) is 10.5. The first-order valence-electron chi connectivity index (χ1n) is 3.82. The summed E-state index contributed by atoms with van der Waals surface area (Å²) in [5.74, 6) is 0. The van der Waals surface area contributed by atoms with Gasteiger partial charge in [-0.25, -0.2) is 0 Å². The van der Waals surface area contributed by atoms with Gasteiger partial charge in [0.15, 0.2) is 0 Å². The van der Waals surface area contributed by atoms with Gasteiger partial charge >= 0.3 is 0 Å². The van der Waals surface area contributed by atoms with Crippen molar-refractivity contribution in [1.29, 1.82) is 5.26 Å². The number of nitriles is 1. The van der Waals surface area contributed by atoms with Gasteiger partial charge in [0.05, 0.1) is 19.2 Å². The second-order valence-corrected chi connectivity index (χ2v) is 2.72. The van der Waals surface area contributed by atoms with E-state index >= 15 is 0 Å². The van der Waals surface area contributed by atoms with Gasteiger partial charge in [0.1, 0.15) is 0 Å². The third-order valence-corrected chi connectivity index (χ3v) is 1.59. The highest BCUT2D eigenvalue weighted by Gasteiger charge is 2.06. The molecule has 0 N–H and O–H groups in total. The molecule has 0 atom stereocenters. The van der Waals surface area contributed by atoms with Crippen LogP contribution >= 0.6 is 0 Å². The Morgan fingerprint density at radius 1 is 1.55 bits per heavy atom. The number of rotatable bonds is 5. The van der Waals surface area contributed by atoms with Gasteiger partial charge in [-0.1, -0.05) is 0 Å². The average Bonchev–Trinajstić information content (AvgIpc) is 1.97. The molecule has 0 radical (unpaired) electrons. The van der Waals surface area contributed by atoms with Crippen LogP contribution in [0.15, 0.2) is 0 Å². The van der Waals surface area contributed by atoms with Crippen LogP contribution in [0, 0.1) is 11.3 Å². The molecule has 0 fully saturated rings. The number of hydrogen-bond acceptors (Lipinski definition) is 3. The van der Waals surface area contributed by atoms with Crippen molar-refractivity contribution in [2.75, 3.05) is 26.8 Å². The molecule has 0 saturated heterocycles. The predicted molar refractivity (Wildman–Crippen MR) is 44.2 cm³/mol. The van der Waals surface area contributed by atoms with E-state index in [0.29, 0.717) is 19.2 Å². The predicted octanol–water partition coefficient (Wildman–Crippen LogP) is 0.867. The van der Waals surface area contributed by atoms with Gasteiger partial charge in [-0.05, 0) is 13.8 Å². The summed E-state index contributed by atoms with van der Waals surface area (Å²) in [6.45, 7) is 6.17. The molecule has 64 valence electrons. The van der Waals surface area contributed by atoms with Crippen LogP contribution in [-0.4, -0.2) is 37.7 Å². The Hall–Kier alpha value is -0.590. The van der Waals surface area contributed by atoms with Gasteiger partial charge in [0.2, 0.25) is 0 Å². The van der Waals surface area contributed by atoms with Crippen LogP contribution in [0.4, 0.5) is 0 Å². The maximum absolute atomic E-state index is 8.45. The molecule has 0 heterocycles. The molecule has 0 aromatic heterocycles. The van der Waals surface area contributed by atoms with Crippen LogP contribution in [0.3, 0.4) is 0 Å². The lowest BCUT2D eigenvalue weighted by Gasteiger charge is -2.22. The van der Waals surface area contributed by atoms with Crippen LogP contribution in [0.2, 0.25) is 0 Å². The lowest BCUT2D eigenvalue weighted by atomic mass is 10.3. The molecule has 0 saturated carbocycles. The Morgan fingerprint density at radius 3 is 2.55 bits per heavy atom. The molecule has 0 aromatic carbocycles. The number of methoxy groups -OCH3 is 1. The first-order chi connectivity index (χ1) is 5.22. The second-order valence-electron chi connectivity index (χ2n) is 2.72. The first-order valence-corrected chi connectivity index (χ1v) is 3.82. The number of hydrogen-bond donors (Lipinski definition) is 0. The zero-order valence-corrected chi connectivity index (χ0v) is 7.50. The third-order valence-electron chi connectivity index (χ3n) is 1.59. The minimum absolute atomic E-state index is 0.421. The van der Waals surface area contributed by atoms with E-state index in [1.54, 1.807) is 7.11 Å². The lowest BCUT2D eigenvalue weighted by Crippen LogP contribution is -2.34. The molecule has 0 aliphatic rings. The zero-order valence-electron chi connectivity index (χ0n) is 7.50. The quantitative estimate of drug-likeness (QED) is 0.554. The Morgan fingerprint density at radius 2 is 2.18 bits per heavy atom. The summed E-state index contributed by atoms with van der Waals surface area (Å²) in [6.07, 6.45) is 0. The van der Waals surface area contributed by atoms with Crippen LogP contribution in [-0.2, 0) is 4.74 Å². The smallest absolute Gasteiger partial charge is 0.0868 e. The van der Waals surface area contributed by atoms with Crippen molar-refractivity contribution in [3.05, 3.63) is 0 Å². The highest BCUT2D eigenvalue weighted by atomic mass is 16.5. The molecule has 0 unspecified atom stereocenters. The van der Waals surface area contributed by atoms with E-state index in [1.165, 1.54) is 0 Å². The van der Waals surface area contributed by atoms with Crippen LogP contribution < -0.4 is 0 Å². The summed E-state index contributed by atoms with van der Waals surface area (Å²) in [5.41, 5.74) is 0. The second kappa shape index (κ2) is 6.14. The minimum Gasteiger partial charge on any atom is -0.383 e. The Labute approximate surface area is 68.6 Å². The summed E-state index contributed by atoms with van der Waals surface area (Å²) in [6, 6.07) is 2.55. The van der Waals surface area contributed by atoms with Crippen molar-refractivity contribution >= 4 is 0 Å². The molecule has 3 nitrogen and oxygen atoms in total. The summed E-state index contributed by atoms with van der Waals surface area (Å²) in [4.78, 5) is 2.07. The van der Waals surface area contributed by atoms with E-state index in [9.17, 15) is 0 Å². The number of nitrogens with zero attached hydrogens (tertiary/aromatic N) is 2. The summed E-state index contributed by atoms with van der Waals surface area (Å²) >= 11 is 0. The number of ether oxygens (including phenoxy) is 1. The van der Waals surface area contributed by atoms with E-state index in [2.05, 4.69) is 24.8 Å². The van der Waals surface area contributed by atoms with E-state index < -0.39 is 0 Å². The maximum atomic E-state index is 8.45. The molecule has 0 amide bonds. The fraction of sp³-hybridized carbons (Fsp3) is 0.875. The molecule has 0 aromatic rings. The van der Waals surface area contributed by atoms with Crippen molar-refractivity contribution in [3.8, 4) is 6.07 Å². The highest BCUT2D eigenvalue weighted by molar-refractivity contribution is 4.78. The fourth-order valence-electron chi connectivity index (χ4n) is 0.819. The average molecular weight is 156 g/mol. The van der Waals surface area contributed by atoms with Crippen molar-refractivity contribution in [2.24, 2.45) is 0 Å². The molecular formula is C8H16N2O. The van der Waals surface area contributed by atoms with Gasteiger partial charge in [-0.15, -0.1) is 0 Å². The Balaban J connectivity index is 3.62. The third kappa shape index (κ3) is 4.77. The van der Waals surface area contributed by atoms with Crippen LogP contribution in [0.5, 0.6) is 0 Å². The zero-order chi connectivity index (χ0) is 8.69. The molecular weight excluding hydrogens is 140 g/mol. The summed E-state index contributed by atoms with van der Waals surface area (Å²) in [7, 11) is 1.67. The topological polar surface area (TPSA) is 36.3 Å². The van der Waals surface area contributed by atoms with Crippen LogP contribution in [0.25, 0.3) is 0 Å². The van der Waals surface area contributed by atoms with E-state index in [1.807, 2.05) is 0 Å². The molecule has 0 spiro atoms. The fourth-order valence-corrected chi connectivity index (χ4v) is 0.819. The molecule has 3 heteroatoms. The Bertz CT molecular complexity index is 129. The van der Waals surface area contributed by atoms with Crippen molar-refractivity contribution < 1.29 is 4.74 Å². The van der Waals surface area contributed by atoms with Gasteiger partial charge < -0.3 is 4.74 Å². The van der Waals surface area contributed by atoms with Gasteiger partial charge in [0.25, 0.3) is 0 Å². The molecule has 0 bridgehead atoms. The molecule has 0 aliphatic carbocycles. The summed E-state index contributed by atoms with van der Waals surface area (Å²) in [5, 5.41) is 8.45. The van der Waals surface area contributed by atoms with Gasteiger partial charge in [-0.2, -0.15) is 5.26 Å².